The summed E-state index contributed by atoms with van der Waals surface area (Å²) >= 11 is 6.16. The number of amides is 1. The van der Waals surface area contributed by atoms with E-state index in [1.807, 2.05) is 30.0 Å². The topological polar surface area (TPSA) is 69.7 Å². The SMILES string of the molecule is CC(NC(=O)CN1CCN(S(=O)(=O)c2ccccc2F)CC1)c1ccccc1Cl. The highest BCUT2D eigenvalue weighted by atomic mass is 35.5. The normalized spacial score (nSPS) is 17.1. The van der Waals surface area contributed by atoms with Crippen LogP contribution in [0.5, 0.6) is 0 Å². The highest BCUT2D eigenvalue weighted by Crippen LogP contribution is 2.22. The van der Waals surface area contributed by atoms with E-state index in [-0.39, 0.29) is 36.5 Å². The molecule has 156 valence electrons. The molecule has 3 rings (SSSR count). The van der Waals surface area contributed by atoms with Crippen LogP contribution in [0.25, 0.3) is 0 Å². The Hall–Kier alpha value is -2.00. The van der Waals surface area contributed by atoms with E-state index in [0.717, 1.165) is 11.6 Å². The molecule has 0 aliphatic carbocycles. The Morgan fingerprint density at radius 3 is 2.38 bits per heavy atom. The number of hydrogen-bond acceptors (Lipinski definition) is 4. The maximum Gasteiger partial charge on any atom is 0.246 e. The van der Waals surface area contributed by atoms with Crippen LogP contribution in [0.3, 0.4) is 0 Å². The number of nitrogens with zero attached hydrogens (tertiary/aromatic N) is 2. The molecule has 6 nitrogen and oxygen atoms in total. The predicted octanol–water partition coefficient (Wildman–Crippen LogP) is 2.66. The van der Waals surface area contributed by atoms with Crippen molar-refractivity contribution >= 4 is 27.5 Å². The minimum absolute atomic E-state index is 0.155. The van der Waals surface area contributed by atoms with Crippen molar-refractivity contribution in [3.05, 3.63) is 64.9 Å². The molecule has 1 heterocycles. The van der Waals surface area contributed by atoms with E-state index >= 15 is 0 Å². The van der Waals surface area contributed by atoms with Crippen molar-refractivity contribution in [1.29, 1.82) is 0 Å². The van der Waals surface area contributed by atoms with Crippen LogP contribution in [0.2, 0.25) is 5.02 Å². The molecule has 1 fully saturated rings. The van der Waals surface area contributed by atoms with Crippen molar-refractivity contribution in [2.75, 3.05) is 32.7 Å². The van der Waals surface area contributed by atoms with Crippen LogP contribution < -0.4 is 5.32 Å². The zero-order valence-corrected chi connectivity index (χ0v) is 17.6. The van der Waals surface area contributed by atoms with Gasteiger partial charge in [0.25, 0.3) is 0 Å². The Labute approximate surface area is 175 Å². The van der Waals surface area contributed by atoms with E-state index in [1.54, 1.807) is 6.07 Å². The molecule has 1 amide bonds. The van der Waals surface area contributed by atoms with Gasteiger partial charge in [0.2, 0.25) is 15.9 Å². The Morgan fingerprint density at radius 1 is 1.10 bits per heavy atom. The van der Waals surface area contributed by atoms with Crippen LogP contribution in [0.1, 0.15) is 18.5 Å². The summed E-state index contributed by atoms with van der Waals surface area (Å²) in [5.41, 5.74) is 0.836. The standard InChI is InChI=1S/C20H23ClFN3O3S/c1-15(16-6-2-3-7-17(16)21)23-20(26)14-24-10-12-25(13-11-24)29(27,28)19-9-5-4-8-18(19)22/h2-9,15H,10-14H2,1H3,(H,23,26). The summed E-state index contributed by atoms with van der Waals surface area (Å²) in [7, 11) is -3.89. The van der Waals surface area contributed by atoms with Gasteiger partial charge in [-0.3, -0.25) is 9.69 Å². The number of hydrogen-bond donors (Lipinski definition) is 1. The highest BCUT2D eigenvalue weighted by molar-refractivity contribution is 7.89. The number of carbonyl (C=O) groups is 1. The molecule has 1 unspecified atom stereocenters. The monoisotopic (exact) mass is 439 g/mol. The van der Waals surface area contributed by atoms with Gasteiger partial charge in [0.15, 0.2) is 0 Å². The first-order valence-electron chi connectivity index (χ1n) is 9.30. The summed E-state index contributed by atoms with van der Waals surface area (Å²) in [6, 6.07) is 12.4. The molecule has 1 saturated heterocycles. The van der Waals surface area contributed by atoms with Gasteiger partial charge in [0.1, 0.15) is 10.7 Å². The maximum absolute atomic E-state index is 13.9. The molecule has 0 spiro atoms. The Morgan fingerprint density at radius 2 is 1.72 bits per heavy atom. The first-order chi connectivity index (χ1) is 13.8. The van der Waals surface area contributed by atoms with E-state index in [9.17, 15) is 17.6 Å². The number of rotatable bonds is 6. The Kier molecular flexibility index (Phi) is 6.89. The van der Waals surface area contributed by atoms with Crippen LogP contribution in [0.4, 0.5) is 4.39 Å². The molecule has 0 radical (unpaired) electrons. The molecular weight excluding hydrogens is 417 g/mol. The van der Waals surface area contributed by atoms with Crippen LogP contribution in [0, 0.1) is 5.82 Å². The van der Waals surface area contributed by atoms with Crippen molar-refractivity contribution in [3.8, 4) is 0 Å². The van der Waals surface area contributed by atoms with Gasteiger partial charge >= 0.3 is 0 Å². The van der Waals surface area contributed by atoms with Crippen LogP contribution >= 0.6 is 11.6 Å². The summed E-state index contributed by atoms with van der Waals surface area (Å²) in [4.78, 5) is 13.9. The fourth-order valence-electron chi connectivity index (χ4n) is 3.32. The molecule has 0 aromatic heterocycles. The zero-order valence-electron chi connectivity index (χ0n) is 16.0. The van der Waals surface area contributed by atoms with Crippen molar-refractivity contribution in [2.24, 2.45) is 0 Å². The summed E-state index contributed by atoms with van der Waals surface area (Å²) in [6.07, 6.45) is 0. The van der Waals surface area contributed by atoms with Crippen LogP contribution in [-0.4, -0.2) is 56.3 Å². The molecule has 2 aromatic carbocycles. The second kappa shape index (κ2) is 9.21. The van der Waals surface area contributed by atoms with E-state index in [2.05, 4.69) is 5.32 Å². The molecule has 29 heavy (non-hydrogen) atoms. The lowest BCUT2D eigenvalue weighted by atomic mass is 10.1. The van der Waals surface area contributed by atoms with E-state index in [0.29, 0.717) is 18.1 Å². The van der Waals surface area contributed by atoms with E-state index < -0.39 is 15.8 Å². The molecule has 9 heteroatoms. The molecule has 0 bridgehead atoms. The third kappa shape index (κ3) is 5.14. The number of halogens is 2. The lowest BCUT2D eigenvalue weighted by Crippen LogP contribution is -2.51. The average Bonchev–Trinajstić information content (AvgIpc) is 2.68. The van der Waals surface area contributed by atoms with Gasteiger partial charge < -0.3 is 5.32 Å². The summed E-state index contributed by atoms with van der Waals surface area (Å²) in [6.45, 7) is 3.19. The molecular formula is C20H23ClFN3O3S. The first kappa shape index (κ1) is 21.7. The van der Waals surface area contributed by atoms with Crippen molar-refractivity contribution in [3.63, 3.8) is 0 Å². The zero-order chi connectivity index (χ0) is 21.0. The fourth-order valence-corrected chi connectivity index (χ4v) is 5.10. The number of sulfonamides is 1. The molecule has 0 saturated carbocycles. The molecule has 2 aromatic rings. The molecule has 1 N–H and O–H groups in total. The minimum Gasteiger partial charge on any atom is -0.348 e. The molecule has 1 aliphatic heterocycles. The summed E-state index contributed by atoms with van der Waals surface area (Å²) < 4.78 is 40.4. The van der Waals surface area contributed by atoms with Crippen LogP contribution in [0.15, 0.2) is 53.4 Å². The second-order valence-corrected chi connectivity index (χ2v) is 9.23. The van der Waals surface area contributed by atoms with Gasteiger partial charge in [-0.15, -0.1) is 0 Å². The number of nitrogens with one attached hydrogen (secondary N) is 1. The van der Waals surface area contributed by atoms with Crippen molar-refractivity contribution in [1.82, 2.24) is 14.5 Å². The first-order valence-corrected chi connectivity index (χ1v) is 11.1. The van der Waals surface area contributed by atoms with E-state index in [4.69, 9.17) is 11.6 Å². The Bertz CT molecular complexity index is 978. The summed E-state index contributed by atoms with van der Waals surface area (Å²) in [5, 5.41) is 3.50. The van der Waals surface area contributed by atoms with Crippen LogP contribution in [-0.2, 0) is 14.8 Å². The third-order valence-electron chi connectivity index (χ3n) is 4.90. The van der Waals surface area contributed by atoms with E-state index in [1.165, 1.54) is 22.5 Å². The second-order valence-electron chi connectivity index (χ2n) is 6.92. The average molecular weight is 440 g/mol. The molecule has 1 atom stereocenters. The van der Waals surface area contributed by atoms with Gasteiger partial charge in [-0.1, -0.05) is 41.9 Å². The number of piperazine rings is 1. The number of carbonyl (C=O) groups excluding carboxylic acids is 1. The maximum atomic E-state index is 13.9. The van der Waals surface area contributed by atoms with Gasteiger partial charge in [0, 0.05) is 31.2 Å². The number of benzene rings is 2. The Balaban J connectivity index is 1.54. The van der Waals surface area contributed by atoms with Gasteiger partial charge in [-0.05, 0) is 30.7 Å². The van der Waals surface area contributed by atoms with Gasteiger partial charge in [-0.2, -0.15) is 4.31 Å². The fraction of sp³-hybridized carbons (Fsp3) is 0.350. The third-order valence-corrected chi connectivity index (χ3v) is 7.18. The smallest absolute Gasteiger partial charge is 0.246 e. The predicted molar refractivity (Wildman–Crippen MR) is 110 cm³/mol. The van der Waals surface area contributed by atoms with Crippen molar-refractivity contribution in [2.45, 2.75) is 17.9 Å². The van der Waals surface area contributed by atoms with Crippen molar-refractivity contribution < 1.29 is 17.6 Å². The largest absolute Gasteiger partial charge is 0.348 e. The summed E-state index contributed by atoms with van der Waals surface area (Å²) in [5.74, 6) is -0.925. The lowest BCUT2D eigenvalue weighted by molar-refractivity contribution is -0.123. The lowest BCUT2D eigenvalue weighted by Gasteiger charge is -2.33. The highest BCUT2D eigenvalue weighted by Gasteiger charge is 2.31. The molecule has 1 aliphatic rings. The van der Waals surface area contributed by atoms with Gasteiger partial charge in [-0.25, -0.2) is 12.8 Å². The van der Waals surface area contributed by atoms with Gasteiger partial charge in [0.05, 0.1) is 12.6 Å². The quantitative estimate of drug-likeness (QED) is 0.751. The minimum atomic E-state index is -3.89.